The van der Waals surface area contributed by atoms with E-state index in [4.69, 9.17) is 10.5 Å². The summed E-state index contributed by atoms with van der Waals surface area (Å²) in [7, 11) is 0. The number of rotatable bonds is 8. The number of thiazole rings is 1. The van der Waals surface area contributed by atoms with Gasteiger partial charge >= 0.3 is 12.1 Å². The van der Waals surface area contributed by atoms with Crippen molar-refractivity contribution in [3.05, 3.63) is 65.4 Å². The molecule has 184 valence electrons. The Morgan fingerprint density at radius 1 is 1.26 bits per heavy atom. The first-order valence-electron chi connectivity index (χ1n) is 10.8. The van der Waals surface area contributed by atoms with E-state index in [9.17, 15) is 22.8 Å². The third-order valence-corrected chi connectivity index (χ3v) is 6.66. The van der Waals surface area contributed by atoms with E-state index in [-0.39, 0.29) is 19.1 Å². The van der Waals surface area contributed by atoms with Gasteiger partial charge in [-0.1, -0.05) is 29.5 Å². The van der Waals surface area contributed by atoms with Crippen LogP contribution in [0.25, 0.3) is 10.4 Å². The number of ether oxygens (including phenoxy) is 1. The maximum atomic E-state index is 12.9. The van der Waals surface area contributed by atoms with E-state index in [1.54, 1.807) is 6.20 Å². The number of esters is 1. The second-order valence-electron chi connectivity index (χ2n) is 8.20. The molecule has 0 aliphatic carbocycles. The van der Waals surface area contributed by atoms with Crippen LogP contribution in [0.15, 0.2) is 48.7 Å². The van der Waals surface area contributed by atoms with Gasteiger partial charge in [-0.2, -0.15) is 13.2 Å². The molecule has 3 aromatic rings. The largest absolute Gasteiger partial charge is 0.465 e. The molecular weight excluding hydrogens is 481 g/mol. The zero-order chi connectivity index (χ0) is 25.2. The standard InChI is InChI=1S/C24H23F3N4O3S/c1-13(32)34-12-18(14-2-5-17(6-3-14)24(25,26)27)19(28)10-29-23-30-11-21(35-23)15-4-7-20-16(8-15)9-22(33)31-20/h2-8,11,18-19H,9-10,12,28H2,1H3,(H,29,30)(H,31,33). The molecule has 2 unspecified atom stereocenters. The second-order valence-corrected chi connectivity index (χ2v) is 9.23. The minimum atomic E-state index is -4.44. The summed E-state index contributed by atoms with van der Waals surface area (Å²) in [4.78, 5) is 28.2. The molecule has 1 amide bonds. The number of alkyl halides is 3. The Labute approximate surface area is 203 Å². The highest BCUT2D eigenvalue weighted by molar-refractivity contribution is 7.18. The zero-order valence-electron chi connectivity index (χ0n) is 18.7. The lowest BCUT2D eigenvalue weighted by molar-refractivity contribution is -0.141. The number of benzene rings is 2. The first kappa shape index (κ1) is 24.7. The Morgan fingerprint density at radius 3 is 2.69 bits per heavy atom. The Kier molecular flexibility index (Phi) is 7.08. The summed E-state index contributed by atoms with van der Waals surface area (Å²) >= 11 is 1.41. The predicted molar refractivity (Wildman–Crippen MR) is 127 cm³/mol. The van der Waals surface area contributed by atoms with E-state index in [0.29, 0.717) is 17.1 Å². The van der Waals surface area contributed by atoms with E-state index in [2.05, 4.69) is 15.6 Å². The van der Waals surface area contributed by atoms with Crippen LogP contribution in [-0.4, -0.2) is 36.1 Å². The summed E-state index contributed by atoms with van der Waals surface area (Å²) < 4.78 is 43.9. The van der Waals surface area contributed by atoms with Gasteiger partial charge in [0.25, 0.3) is 0 Å². The number of hydrogen-bond donors (Lipinski definition) is 3. The monoisotopic (exact) mass is 504 g/mol. The topological polar surface area (TPSA) is 106 Å². The Hall–Kier alpha value is -3.44. The van der Waals surface area contributed by atoms with Crippen molar-refractivity contribution in [2.24, 2.45) is 5.73 Å². The number of nitrogens with one attached hydrogen (secondary N) is 2. The smallest absolute Gasteiger partial charge is 0.416 e. The van der Waals surface area contributed by atoms with Crippen LogP contribution in [0.4, 0.5) is 24.0 Å². The molecule has 11 heteroatoms. The number of amides is 1. The van der Waals surface area contributed by atoms with Crippen molar-refractivity contribution in [2.75, 3.05) is 23.8 Å². The van der Waals surface area contributed by atoms with E-state index in [0.717, 1.165) is 33.8 Å². The lowest BCUT2D eigenvalue weighted by Gasteiger charge is -2.24. The molecule has 0 radical (unpaired) electrons. The normalized spacial score (nSPS) is 14.7. The van der Waals surface area contributed by atoms with Crippen LogP contribution >= 0.6 is 11.3 Å². The van der Waals surface area contributed by atoms with E-state index >= 15 is 0 Å². The minimum Gasteiger partial charge on any atom is -0.465 e. The van der Waals surface area contributed by atoms with Crippen molar-refractivity contribution in [3.8, 4) is 10.4 Å². The second kappa shape index (κ2) is 10.0. The number of hydrogen-bond acceptors (Lipinski definition) is 7. The summed E-state index contributed by atoms with van der Waals surface area (Å²) in [5, 5.41) is 6.58. The van der Waals surface area contributed by atoms with Crippen LogP contribution in [0.2, 0.25) is 0 Å². The van der Waals surface area contributed by atoms with Gasteiger partial charge in [0.15, 0.2) is 5.13 Å². The summed E-state index contributed by atoms with van der Waals surface area (Å²) in [6.45, 7) is 1.45. The van der Waals surface area contributed by atoms with Crippen molar-refractivity contribution in [3.63, 3.8) is 0 Å². The van der Waals surface area contributed by atoms with Gasteiger partial charge in [-0.3, -0.25) is 9.59 Å². The Balaban J connectivity index is 1.44. The van der Waals surface area contributed by atoms with E-state index in [1.807, 2.05) is 18.2 Å². The van der Waals surface area contributed by atoms with Crippen molar-refractivity contribution in [1.29, 1.82) is 0 Å². The average molecular weight is 505 g/mol. The van der Waals surface area contributed by atoms with E-state index < -0.39 is 29.7 Å². The fraction of sp³-hybridized carbons (Fsp3) is 0.292. The highest BCUT2D eigenvalue weighted by atomic mass is 32.1. The summed E-state index contributed by atoms with van der Waals surface area (Å²) in [5.41, 5.74) is 8.82. The minimum absolute atomic E-state index is 0.0332. The molecule has 2 heterocycles. The number of anilines is 2. The number of nitrogens with two attached hydrogens (primary N) is 1. The molecule has 4 rings (SSSR count). The maximum Gasteiger partial charge on any atom is 0.416 e. The molecule has 0 bridgehead atoms. The molecule has 0 spiro atoms. The molecule has 0 fully saturated rings. The number of nitrogens with zero attached hydrogens (tertiary/aromatic N) is 1. The summed E-state index contributed by atoms with van der Waals surface area (Å²) in [6, 6.07) is 9.84. The van der Waals surface area contributed by atoms with Gasteiger partial charge in [0.1, 0.15) is 0 Å². The molecule has 4 N–H and O–H groups in total. The molecule has 0 saturated heterocycles. The first-order chi connectivity index (χ1) is 16.6. The molecule has 1 aliphatic rings. The van der Waals surface area contributed by atoms with Gasteiger partial charge in [-0.05, 0) is 41.0 Å². The molecule has 1 aromatic heterocycles. The molecular formula is C24H23F3N4O3S. The van der Waals surface area contributed by atoms with Crippen LogP contribution in [0.1, 0.15) is 29.5 Å². The van der Waals surface area contributed by atoms with Gasteiger partial charge in [0.2, 0.25) is 5.91 Å². The van der Waals surface area contributed by atoms with Crippen molar-refractivity contribution in [2.45, 2.75) is 31.5 Å². The number of halogens is 3. The lowest BCUT2D eigenvalue weighted by atomic mass is 9.91. The third kappa shape index (κ3) is 5.98. The van der Waals surface area contributed by atoms with Crippen LogP contribution in [0, 0.1) is 0 Å². The molecule has 2 atom stereocenters. The highest BCUT2D eigenvalue weighted by Gasteiger charge is 2.31. The van der Waals surface area contributed by atoms with Gasteiger partial charge in [-0.25, -0.2) is 4.98 Å². The van der Waals surface area contributed by atoms with Gasteiger partial charge < -0.3 is 21.1 Å². The SMILES string of the molecule is CC(=O)OCC(c1ccc(C(F)(F)F)cc1)C(N)CNc1ncc(-c2ccc3c(c2)CC(=O)N3)s1. The van der Waals surface area contributed by atoms with Gasteiger partial charge in [0, 0.05) is 37.3 Å². The van der Waals surface area contributed by atoms with Crippen molar-refractivity contribution in [1.82, 2.24) is 4.98 Å². The Morgan fingerprint density at radius 2 is 2.00 bits per heavy atom. The van der Waals surface area contributed by atoms with Gasteiger partial charge in [0.05, 0.1) is 23.5 Å². The van der Waals surface area contributed by atoms with Crippen LogP contribution in [0.5, 0.6) is 0 Å². The maximum absolute atomic E-state index is 12.9. The molecule has 0 saturated carbocycles. The Bertz CT molecular complexity index is 1230. The number of carbonyl (C=O) groups is 2. The average Bonchev–Trinajstić information content (AvgIpc) is 3.42. The third-order valence-electron chi connectivity index (χ3n) is 5.66. The van der Waals surface area contributed by atoms with Crippen molar-refractivity contribution < 1.29 is 27.5 Å². The molecule has 35 heavy (non-hydrogen) atoms. The van der Waals surface area contributed by atoms with Crippen LogP contribution in [0.3, 0.4) is 0 Å². The summed E-state index contributed by atoms with van der Waals surface area (Å²) in [6.07, 6.45) is -2.38. The highest BCUT2D eigenvalue weighted by Crippen LogP contribution is 2.34. The number of carbonyl (C=O) groups excluding carboxylic acids is 2. The van der Waals surface area contributed by atoms with Gasteiger partial charge in [-0.15, -0.1) is 0 Å². The van der Waals surface area contributed by atoms with Crippen molar-refractivity contribution >= 4 is 34.0 Å². The van der Waals surface area contributed by atoms with E-state index in [1.165, 1.54) is 30.4 Å². The molecule has 1 aliphatic heterocycles. The zero-order valence-corrected chi connectivity index (χ0v) is 19.5. The molecule has 2 aromatic carbocycles. The quantitative estimate of drug-likeness (QED) is 0.393. The van der Waals surface area contributed by atoms with Crippen LogP contribution in [-0.2, 0) is 26.9 Å². The summed E-state index contributed by atoms with van der Waals surface area (Å²) in [5.74, 6) is -1.05. The fourth-order valence-corrected chi connectivity index (χ4v) is 4.63. The number of aromatic nitrogens is 1. The lowest BCUT2D eigenvalue weighted by Crippen LogP contribution is -2.38. The predicted octanol–water partition coefficient (Wildman–Crippen LogP) is 4.41. The molecule has 7 nitrogen and oxygen atoms in total. The fourth-order valence-electron chi connectivity index (χ4n) is 3.81. The number of fused-ring (bicyclic) bond motifs is 1. The van der Waals surface area contributed by atoms with Crippen LogP contribution < -0.4 is 16.4 Å². The first-order valence-corrected chi connectivity index (χ1v) is 11.6.